The van der Waals surface area contributed by atoms with E-state index < -0.39 is 18.1 Å². The summed E-state index contributed by atoms with van der Waals surface area (Å²) >= 11 is 0. The van der Waals surface area contributed by atoms with Crippen LogP contribution in [0.25, 0.3) is 0 Å². The Balaban J connectivity index is 0.000000141. The van der Waals surface area contributed by atoms with Gasteiger partial charge >= 0.3 is 11.9 Å². The molecular weight excluding hydrogens is 252 g/mol. The van der Waals surface area contributed by atoms with E-state index >= 15 is 0 Å². The molecule has 3 heterocycles. The van der Waals surface area contributed by atoms with Crippen LogP contribution in [0.4, 0.5) is 0 Å². The summed E-state index contributed by atoms with van der Waals surface area (Å²) in [6.45, 7) is 1.40. The summed E-state index contributed by atoms with van der Waals surface area (Å²) in [7, 11) is 3.67. The van der Waals surface area contributed by atoms with Crippen LogP contribution in [0.2, 0.25) is 0 Å². The number of esters is 1. The summed E-state index contributed by atoms with van der Waals surface area (Å²) in [5, 5.41) is 17.6. The van der Waals surface area contributed by atoms with Gasteiger partial charge in [0, 0.05) is 25.9 Å². The molecule has 0 saturated carbocycles. The molecule has 0 aromatic heterocycles. The second kappa shape index (κ2) is 5.44. The van der Waals surface area contributed by atoms with Gasteiger partial charge < -0.3 is 14.9 Å². The Hall–Kier alpha value is -1.18. The highest BCUT2D eigenvalue weighted by molar-refractivity contribution is 5.79. The number of nitrogens with zero attached hydrogens (tertiary/aromatic N) is 2. The smallest absolute Gasteiger partial charge is 0.323 e. The van der Waals surface area contributed by atoms with E-state index in [9.17, 15) is 9.59 Å². The number of carboxylic acids is 1. The van der Waals surface area contributed by atoms with Crippen molar-refractivity contribution in [2.45, 2.75) is 37.1 Å². The minimum atomic E-state index is -0.848. The van der Waals surface area contributed by atoms with Gasteiger partial charge in [-0.15, -0.1) is 0 Å². The number of aliphatic hydroxyl groups excluding tert-OH is 1. The number of carboxylic acid groups (broad SMARTS) is 1. The molecule has 3 aliphatic rings. The highest BCUT2D eigenvalue weighted by atomic mass is 16.6. The molecule has 0 aliphatic carbocycles. The van der Waals surface area contributed by atoms with Gasteiger partial charge in [0.15, 0.2) is 0 Å². The molecule has 3 rings (SSSR count). The number of β-amino-alcohol motifs (C(OH)–C–C–N with tert-alkyl or cyclic N) is 1. The molecule has 0 aromatic carbocycles. The van der Waals surface area contributed by atoms with Gasteiger partial charge in [-0.3, -0.25) is 19.4 Å². The number of ether oxygens (including phenoxy) is 1. The third-order valence-corrected chi connectivity index (χ3v) is 3.88. The first-order valence-electron chi connectivity index (χ1n) is 6.40. The molecule has 0 radical (unpaired) electrons. The summed E-state index contributed by atoms with van der Waals surface area (Å²) in [5.41, 5.74) is 0. The lowest BCUT2D eigenvalue weighted by molar-refractivity contribution is -0.150. The van der Waals surface area contributed by atoms with Crippen LogP contribution in [0.15, 0.2) is 0 Å². The van der Waals surface area contributed by atoms with Crippen molar-refractivity contribution in [2.75, 3.05) is 27.2 Å². The summed E-state index contributed by atoms with van der Waals surface area (Å²) in [4.78, 5) is 24.9. The van der Waals surface area contributed by atoms with Crippen LogP contribution in [-0.4, -0.2) is 83.4 Å². The molecule has 4 atom stereocenters. The van der Waals surface area contributed by atoms with E-state index in [0.717, 1.165) is 13.0 Å². The maximum absolute atomic E-state index is 10.8. The van der Waals surface area contributed by atoms with Crippen LogP contribution in [0, 0.1) is 0 Å². The van der Waals surface area contributed by atoms with Crippen LogP contribution in [-0.2, 0) is 14.3 Å². The van der Waals surface area contributed by atoms with Crippen molar-refractivity contribution >= 4 is 11.9 Å². The number of morpholine rings is 1. The van der Waals surface area contributed by atoms with Gasteiger partial charge in [-0.1, -0.05) is 0 Å². The Morgan fingerprint density at radius 1 is 1.26 bits per heavy atom. The van der Waals surface area contributed by atoms with E-state index in [1.807, 2.05) is 7.05 Å². The van der Waals surface area contributed by atoms with Gasteiger partial charge in [-0.2, -0.15) is 0 Å². The van der Waals surface area contributed by atoms with Crippen LogP contribution in [0.5, 0.6) is 0 Å². The molecule has 0 spiro atoms. The van der Waals surface area contributed by atoms with Crippen LogP contribution in [0.3, 0.4) is 0 Å². The largest absolute Gasteiger partial charge is 0.480 e. The van der Waals surface area contributed by atoms with Crippen molar-refractivity contribution < 1.29 is 24.5 Å². The van der Waals surface area contributed by atoms with E-state index in [2.05, 4.69) is 4.90 Å². The normalized spacial score (nSPS) is 37.9. The number of carbonyl (C=O) groups is 2. The molecule has 19 heavy (non-hydrogen) atoms. The Kier molecular flexibility index (Phi) is 4.07. The van der Waals surface area contributed by atoms with Crippen molar-refractivity contribution in [2.24, 2.45) is 0 Å². The van der Waals surface area contributed by atoms with Crippen molar-refractivity contribution in [3.8, 4) is 0 Å². The van der Waals surface area contributed by atoms with E-state index in [4.69, 9.17) is 14.9 Å². The molecule has 0 amide bonds. The maximum Gasteiger partial charge on any atom is 0.323 e. The highest BCUT2D eigenvalue weighted by Crippen LogP contribution is 2.26. The standard InChI is InChI=1S/C6H11NO3.C6H9NO2/c1-7-3-4(8)2-5(7)6(9)10;1-7-3-4-2-5(7)6(8)9-4/h4-5,8H,2-3H2,1H3,(H,9,10);4-5H,2-3H2,1H3/t4-,5+;4-,5-/m01/s1. The predicted octanol–water partition coefficient (Wildman–Crippen LogP) is -1.25. The fraction of sp³-hybridized carbons (Fsp3) is 0.833. The first-order chi connectivity index (χ1) is 8.88. The fourth-order valence-corrected chi connectivity index (χ4v) is 2.82. The number of aliphatic hydroxyl groups is 1. The monoisotopic (exact) mass is 272 g/mol. The number of rotatable bonds is 1. The molecular formula is C12H20N2O5. The van der Waals surface area contributed by atoms with Gasteiger partial charge in [-0.25, -0.2) is 0 Å². The number of carbonyl (C=O) groups excluding carboxylic acids is 1. The summed E-state index contributed by atoms with van der Waals surface area (Å²) in [6.07, 6.45) is 1.000. The zero-order valence-electron chi connectivity index (χ0n) is 11.2. The van der Waals surface area contributed by atoms with E-state index in [0.29, 0.717) is 13.0 Å². The van der Waals surface area contributed by atoms with Gasteiger partial charge in [0.25, 0.3) is 0 Å². The molecule has 2 N–H and O–H groups in total. The number of likely N-dealkylation sites (tertiary alicyclic amines) is 2. The number of hydrogen-bond donors (Lipinski definition) is 2. The SMILES string of the molecule is CN1C[C@@H](O)C[C@@H]1C(=O)O.CN1C[C@H]2C[C@@H]1C(=O)O2. The molecule has 3 saturated heterocycles. The molecule has 0 aromatic rings. The van der Waals surface area contributed by atoms with Crippen molar-refractivity contribution in [3.63, 3.8) is 0 Å². The van der Waals surface area contributed by atoms with E-state index in [1.165, 1.54) is 0 Å². The Labute approximate surface area is 111 Å². The molecule has 7 nitrogen and oxygen atoms in total. The first-order valence-corrected chi connectivity index (χ1v) is 6.40. The lowest BCUT2D eigenvalue weighted by Crippen LogP contribution is -2.37. The van der Waals surface area contributed by atoms with Crippen molar-refractivity contribution in [1.82, 2.24) is 9.80 Å². The average molecular weight is 272 g/mol. The molecule has 3 aliphatic heterocycles. The Bertz CT molecular complexity index is 375. The number of likely N-dealkylation sites (N-methyl/N-ethyl adjacent to an activating group) is 2. The Morgan fingerprint density at radius 2 is 1.95 bits per heavy atom. The zero-order chi connectivity index (χ0) is 14.2. The summed E-state index contributed by atoms with van der Waals surface area (Å²) in [5.74, 6) is -0.882. The summed E-state index contributed by atoms with van der Waals surface area (Å²) in [6, 6.07) is -0.412. The minimum absolute atomic E-state index is 0.0336. The quantitative estimate of drug-likeness (QED) is 0.576. The second-order valence-electron chi connectivity index (χ2n) is 5.43. The van der Waals surface area contributed by atoms with Crippen LogP contribution < -0.4 is 0 Å². The van der Waals surface area contributed by atoms with Crippen molar-refractivity contribution in [1.29, 1.82) is 0 Å². The number of hydrogen-bond acceptors (Lipinski definition) is 6. The minimum Gasteiger partial charge on any atom is -0.480 e. The van der Waals surface area contributed by atoms with E-state index in [-0.39, 0.29) is 18.1 Å². The second-order valence-corrected chi connectivity index (χ2v) is 5.43. The van der Waals surface area contributed by atoms with Crippen LogP contribution in [0.1, 0.15) is 12.8 Å². The topological polar surface area (TPSA) is 90.3 Å². The predicted molar refractivity (Wildman–Crippen MR) is 65.6 cm³/mol. The number of aliphatic carboxylic acids is 1. The van der Waals surface area contributed by atoms with Gasteiger partial charge in [-0.05, 0) is 14.1 Å². The molecule has 2 bridgehead atoms. The number of fused-ring (bicyclic) bond motifs is 2. The van der Waals surface area contributed by atoms with Crippen molar-refractivity contribution in [3.05, 3.63) is 0 Å². The third kappa shape index (κ3) is 3.05. The fourth-order valence-electron chi connectivity index (χ4n) is 2.82. The van der Waals surface area contributed by atoms with Gasteiger partial charge in [0.2, 0.25) is 0 Å². The first kappa shape index (κ1) is 14.2. The summed E-state index contributed by atoms with van der Waals surface area (Å²) < 4.78 is 4.95. The maximum atomic E-state index is 10.8. The highest BCUT2D eigenvalue weighted by Gasteiger charge is 2.44. The van der Waals surface area contributed by atoms with Crippen LogP contribution >= 0.6 is 0 Å². The molecule has 0 unspecified atom stereocenters. The lowest BCUT2D eigenvalue weighted by Gasteiger charge is -2.19. The molecule has 108 valence electrons. The Morgan fingerprint density at radius 3 is 2.21 bits per heavy atom. The third-order valence-electron chi connectivity index (χ3n) is 3.88. The van der Waals surface area contributed by atoms with E-state index in [1.54, 1.807) is 11.9 Å². The average Bonchev–Trinajstić information content (AvgIpc) is 2.92. The van der Waals surface area contributed by atoms with Gasteiger partial charge in [0.05, 0.1) is 6.10 Å². The molecule has 7 heteroatoms. The zero-order valence-corrected chi connectivity index (χ0v) is 11.2. The van der Waals surface area contributed by atoms with Gasteiger partial charge in [0.1, 0.15) is 18.2 Å². The lowest BCUT2D eigenvalue weighted by atomic mass is 10.2. The molecule has 3 fully saturated rings.